The molecule has 2 aromatic carbocycles. The fraction of sp³-hybridized carbons (Fsp3) is 0.105. The second-order valence-electron chi connectivity index (χ2n) is 5.73. The lowest BCUT2D eigenvalue weighted by Gasteiger charge is -2.07. The minimum atomic E-state index is -0.0743. The predicted molar refractivity (Wildman–Crippen MR) is 105 cm³/mol. The van der Waals surface area contributed by atoms with E-state index in [1.54, 1.807) is 0 Å². The quantitative estimate of drug-likeness (QED) is 0.503. The molecule has 1 amide bonds. The Balaban J connectivity index is 1.43. The summed E-state index contributed by atoms with van der Waals surface area (Å²) in [6.07, 6.45) is 1.80. The number of amides is 1. The highest BCUT2D eigenvalue weighted by Crippen LogP contribution is 2.30. The first-order chi connectivity index (χ1) is 12.7. The molecule has 0 bridgehead atoms. The van der Waals surface area contributed by atoms with Crippen LogP contribution in [0.2, 0.25) is 0 Å². The maximum absolute atomic E-state index is 12.1. The van der Waals surface area contributed by atoms with E-state index >= 15 is 0 Å². The zero-order chi connectivity index (χ0) is 17.9. The summed E-state index contributed by atoms with van der Waals surface area (Å²) in [5.74, 6) is 0.511. The van der Waals surface area contributed by atoms with Crippen LogP contribution in [0.15, 0.2) is 63.7 Å². The molecule has 7 heteroatoms. The molecule has 0 aliphatic heterocycles. The van der Waals surface area contributed by atoms with Gasteiger partial charge in [0.1, 0.15) is 17.4 Å². The molecule has 0 fully saturated rings. The van der Waals surface area contributed by atoms with E-state index in [1.165, 1.54) is 6.33 Å². The van der Waals surface area contributed by atoms with Gasteiger partial charge in [-0.2, -0.15) is 0 Å². The van der Waals surface area contributed by atoms with E-state index in [-0.39, 0.29) is 5.91 Å². The van der Waals surface area contributed by atoms with Crippen LogP contribution in [-0.4, -0.2) is 22.4 Å². The number of hydrogen-bond donors (Lipinski definition) is 2. The molecule has 2 N–H and O–H groups in total. The molecule has 0 atom stereocenters. The van der Waals surface area contributed by atoms with Crippen LogP contribution in [0.1, 0.15) is 6.42 Å². The molecule has 2 aromatic heterocycles. The molecule has 6 nitrogen and oxygen atoms in total. The molecule has 0 saturated carbocycles. The van der Waals surface area contributed by atoms with Gasteiger partial charge in [-0.3, -0.25) is 4.79 Å². The summed E-state index contributed by atoms with van der Waals surface area (Å²) >= 11 is 3.37. The molecule has 0 spiro atoms. The molecule has 26 heavy (non-hydrogen) atoms. The molecule has 2 heterocycles. The van der Waals surface area contributed by atoms with Gasteiger partial charge in [-0.05, 0) is 36.4 Å². The smallest absolute Gasteiger partial charge is 0.226 e. The molecule has 130 valence electrons. The molecule has 4 aromatic rings. The third-order valence-corrected chi connectivity index (χ3v) is 4.46. The highest BCUT2D eigenvalue weighted by Gasteiger charge is 2.12. The van der Waals surface area contributed by atoms with E-state index < -0.39 is 0 Å². The van der Waals surface area contributed by atoms with Crippen molar-refractivity contribution in [1.82, 2.24) is 9.97 Å². The Kier molecular flexibility index (Phi) is 4.53. The van der Waals surface area contributed by atoms with Crippen LogP contribution >= 0.6 is 15.9 Å². The number of rotatable bonds is 5. The van der Waals surface area contributed by atoms with E-state index in [4.69, 9.17) is 4.42 Å². The fourth-order valence-electron chi connectivity index (χ4n) is 2.70. The zero-order valence-corrected chi connectivity index (χ0v) is 15.3. The molecule has 0 aliphatic carbocycles. The third-order valence-electron chi connectivity index (χ3n) is 3.93. The topological polar surface area (TPSA) is 80.1 Å². The van der Waals surface area contributed by atoms with Gasteiger partial charge in [0.05, 0.1) is 0 Å². The van der Waals surface area contributed by atoms with Crippen molar-refractivity contribution >= 4 is 55.4 Å². The second kappa shape index (κ2) is 7.13. The van der Waals surface area contributed by atoms with Crippen molar-refractivity contribution in [3.63, 3.8) is 0 Å². The largest absolute Gasteiger partial charge is 0.450 e. The Morgan fingerprint density at radius 3 is 2.73 bits per heavy atom. The zero-order valence-electron chi connectivity index (χ0n) is 13.7. The lowest BCUT2D eigenvalue weighted by atomic mass is 10.2. The average molecular weight is 411 g/mol. The van der Waals surface area contributed by atoms with Crippen LogP contribution in [0.4, 0.5) is 11.5 Å². The number of halogens is 1. The third kappa shape index (κ3) is 3.39. The Morgan fingerprint density at radius 2 is 1.88 bits per heavy atom. The monoisotopic (exact) mass is 410 g/mol. The SMILES string of the molecule is O=C(CCNc1ncnc2c1oc1ccccc12)Nc1ccc(Br)cc1. The summed E-state index contributed by atoms with van der Waals surface area (Å²) in [4.78, 5) is 20.6. The van der Waals surface area contributed by atoms with Gasteiger partial charge >= 0.3 is 0 Å². The Hall–Kier alpha value is -2.93. The normalized spacial score (nSPS) is 11.0. The lowest BCUT2D eigenvalue weighted by molar-refractivity contribution is -0.115. The van der Waals surface area contributed by atoms with Crippen LogP contribution < -0.4 is 10.6 Å². The molecular formula is C19H15BrN4O2. The number of carbonyl (C=O) groups excluding carboxylic acids is 1. The molecule has 0 saturated heterocycles. The Bertz CT molecular complexity index is 1080. The van der Waals surface area contributed by atoms with Crippen LogP contribution in [0.3, 0.4) is 0 Å². The maximum Gasteiger partial charge on any atom is 0.226 e. The van der Waals surface area contributed by atoms with Crippen molar-refractivity contribution in [2.24, 2.45) is 0 Å². The number of furan rings is 1. The average Bonchev–Trinajstić information content (AvgIpc) is 3.03. The summed E-state index contributed by atoms with van der Waals surface area (Å²) in [5.41, 5.74) is 2.89. The van der Waals surface area contributed by atoms with E-state index in [0.717, 1.165) is 26.6 Å². The molecule has 0 radical (unpaired) electrons. The van der Waals surface area contributed by atoms with Crippen molar-refractivity contribution in [2.45, 2.75) is 6.42 Å². The molecular weight excluding hydrogens is 396 g/mol. The van der Waals surface area contributed by atoms with Gasteiger partial charge in [0.15, 0.2) is 11.4 Å². The van der Waals surface area contributed by atoms with Crippen LogP contribution in [0, 0.1) is 0 Å². The number of fused-ring (bicyclic) bond motifs is 3. The van der Waals surface area contributed by atoms with E-state index in [0.29, 0.717) is 24.4 Å². The number of nitrogens with zero attached hydrogens (tertiary/aromatic N) is 2. The van der Waals surface area contributed by atoms with Gasteiger partial charge < -0.3 is 15.1 Å². The summed E-state index contributed by atoms with van der Waals surface area (Å²) in [6, 6.07) is 15.2. The van der Waals surface area contributed by atoms with Gasteiger partial charge in [-0.1, -0.05) is 28.1 Å². The number of nitrogens with one attached hydrogen (secondary N) is 2. The number of para-hydroxylation sites is 1. The standard InChI is InChI=1S/C19H15BrN4O2/c20-12-5-7-13(8-6-12)24-16(25)9-10-21-19-18-17(22-11-23-19)14-3-1-2-4-15(14)26-18/h1-8,11H,9-10H2,(H,24,25)(H,21,22,23). The van der Waals surface area contributed by atoms with Crippen LogP contribution in [-0.2, 0) is 4.79 Å². The van der Waals surface area contributed by atoms with Gasteiger partial charge in [0.25, 0.3) is 0 Å². The minimum Gasteiger partial charge on any atom is -0.450 e. The number of hydrogen-bond acceptors (Lipinski definition) is 5. The van der Waals surface area contributed by atoms with Gasteiger partial charge in [0.2, 0.25) is 5.91 Å². The summed E-state index contributed by atoms with van der Waals surface area (Å²) in [5, 5.41) is 6.96. The van der Waals surface area contributed by atoms with Crippen molar-refractivity contribution < 1.29 is 9.21 Å². The van der Waals surface area contributed by atoms with E-state index in [1.807, 2.05) is 48.5 Å². The highest BCUT2D eigenvalue weighted by atomic mass is 79.9. The fourth-order valence-corrected chi connectivity index (χ4v) is 2.96. The van der Waals surface area contributed by atoms with Gasteiger partial charge in [-0.15, -0.1) is 0 Å². The minimum absolute atomic E-state index is 0.0743. The molecule has 0 aliphatic rings. The highest BCUT2D eigenvalue weighted by molar-refractivity contribution is 9.10. The van der Waals surface area contributed by atoms with Crippen molar-refractivity contribution in [1.29, 1.82) is 0 Å². The Labute approximate surface area is 157 Å². The second-order valence-corrected chi connectivity index (χ2v) is 6.65. The van der Waals surface area contributed by atoms with E-state index in [9.17, 15) is 4.79 Å². The number of carbonyl (C=O) groups is 1. The summed E-state index contributed by atoms with van der Waals surface area (Å²) in [7, 11) is 0. The van der Waals surface area contributed by atoms with Crippen molar-refractivity contribution in [3.05, 3.63) is 59.3 Å². The summed E-state index contributed by atoms with van der Waals surface area (Å²) in [6.45, 7) is 0.436. The first-order valence-corrected chi connectivity index (χ1v) is 8.91. The summed E-state index contributed by atoms with van der Waals surface area (Å²) < 4.78 is 6.82. The van der Waals surface area contributed by atoms with Crippen molar-refractivity contribution in [2.75, 3.05) is 17.2 Å². The predicted octanol–water partition coefficient (Wildman–Crippen LogP) is 4.58. The Morgan fingerprint density at radius 1 is 1.08 bits per heavy atom. The van der Waals surface area contributed by atoms with Crippen LogP contribution in [0.25, 0.3) is 22.1 Å². The first-order valence-electron chi connectivity index (χ1n) is 8.12. The van der Waals surface area contributed by atoms with Gasteiger partial charge in [0, 0.05) is 28.5 Å². The molecule has 4 rings (SSSR count). The van der Waals surface area contributed by atoms with Gasteiger partial charge in [-0.25, -0.2) is 9.97 Å². The first kappa shape index (κ1) is 16.5. The number of anilines is 2. The molecule has 0 unspecified atom stereocenters. The van der Waals surface area contributed by atoms with Crippen molar-refractivity contribution in [3.8, 4) is 0 Å². The lowest BCUT2D eigenvalue weighted by Crippen LogP contribution is -2.16. The van der Waals surface area contributed by atoms with Crippen LogP contribution in [0.5, 0.6) is 0 Å². The number of aromatic nitrogens is 2. The van der Waals surface area contributed by atoms with E-state index in [2.05, 4.69) is 36.5 Å². The maximum atomic E-state index is 12.1. The number of benzene rings is 2.